The SMILES string of the molecule is COc1cc(C)c(CO)c(Cl)c1OC. The molecule has 4 heteroatoms. The van der Waals surface area contributed by atoms with Crippen molar-refractivity contribution in [2.75, 3.05) is 14.2 Å². The van der Waals surface area contributed by atoms with Gasteiger partial charge < -0.3 is 14.6 Å². The summed E-state index contributed by atoms with van der Waals surface area (Å²) in [6.45, 7) is 1.75. The van der Waals surface area contributed by atoms with E-state index in [1.807, 2.05) is 6.92 Å². The monoisotopic (exact) mass is 216 g/mol. The number of aryl methyl sites for hydroxylation is 1. The first kappa shape index (κ1) is 11.1. The molecule has 0 aliphatic rings. The molecule has 78 valence electrons. The lowest BCUT2D eigenvalue weighted by Gasteiger charge is -2.14. The molecule has 0 saturated carbocycles. The zero-order chi connectivity index (χ0) is 10.7. The summed E-state index contributed by atoms with van der Waals surface area (Å²) in [4.78, 5) is 0. The van der Waals surface area contributed by atoms with Crippen molar-refractivity contribution in [2.24, 2.45) is 0 Å². The highest BCUT2D eigenvalue weighted by molar-refractivity contribution is 6.33. The molecule has 0 radical (unpaired) electrons. The molecule has 1 aromatic carbocycles. The van der Waals surface area contributed by atoms with Gasteiger partial charge in [-0.3, -0.25) is 0 Å². The number of ether oxygens (including phenoxy) is 2. The quantitative estimate of drug-likeness (QED) is 0.842. The maximum absolute atomic E-state index is 9.10. The summed E-state index contributed by atoms with van der Waals surface area (Å²) in [5.74, 6) is 1.04. The van der Waals surface area contributed by atoms with E-state index in [1.54, 1.807) is 13.2 Å². The molecule has 0 saturated heterocycles. The Hall–Kier alpha value is -0.930. The van der Waals surface area contributed by atoms with Crippen molar-refractivity contribution in [2.45, 2.75) is 13.5 Å². The molecule has 0 bridgehead atoms. The average molecular weight is 217 g/mol. The number of rotatable bonds is 3. The molecule has 0 aromatic heterocycles. The van der Waals surface area contributed by atoms with Gasteiger partial charge in [0.05, 0.1) is 25.8 Å². The van der Waals surface area contributed by atoms with Crippen LogP contribution in [0.25, 0.3) is 0 Å². The van der Waals surface area contributed by atoms with E-state index in [0.717, 1.165) is 5.56 Å². The molecule has 1 aromatic rings. The van der Waals surface area contributed by atoms with Crippen LogP contribution < -0.4 is 9.47 Å². The predicted molar refractivity (Wildman–Crippen MR) is 55.2 cm³/mol. The molecule has 0 aliphatic heterocycles. The topological polar surface area (TPSA) is 38.7 Å². The van der Waals surface area contributed by atoms with E-state index >= 15 is 0 Å². The van der Waals surface area contributed by atoms with Gasteiger partial charge in [-0.1, -0.05) is 11.6 Å². The van der Waals surface area contributed by atoms with Gasteiger partial charge in [0.1, 0.15) is 0 Å². The van der Waals surface area contributed by atoms with Gasteiger partial charge in [0.15, 0.2) is 11.5 Å². The van der Waals surface area contributed by atoms with E-state index in [1.165, 1.54) is 7.11 Å². The third kappa shape index (κ3) is 1.79. The average Bonchev–Trinajstić information content (AvgIpc) is 2.17. The van der Waals surface area contributed by atoms with Crippen molar-refractivity contribution < 1.29 is 14.6 Å². The molecular formula is C10H13ClO3. The lowest BCUT2D eigenvalue weighted by molar-refractivity contribution is 0.279. The molecule has 0 heterocycles. The van der Waals surface area contributed by atoms with Crippen molar-refractivity contribution in [3.63, 3.8) is 0 Å². The smallest absolute Gasteiger partial charge is 0.179 e. The highest BCUT2D eigenvalue weighted by atomic mass is 35.5. The largest absolute Gasteiger partial charge is 0.493 e. The first-order valence-corrected chi connectivity index (χ1v) is 4.54. The second-order valence-electron chi connectivity index (χ2n) is 2.88. The van der Waals surface area contributed by atoms with Crippen LogP contribution >= 0.6 is 11.6 Å². The standard InChI is InChI=1S/C10H13ClO3/c1-6-4-8(13-2)10(14-3)9(11)7(6)5-12/h4,12H,5H2,1-3H3. The Bertz CT molecular complexity index is 337. The van der Waals surface area contributed by atoms with Gasteiger partial charge in [0, 0.05) is 5.56 Å². The highest BCUT2D eigenvalue weighted by Crippen LogP contribution is 2.39. The summed E-state index contributed by atoms with van der Waals surface area (Å²) in [5.41, 5.74) is 1.56. The minimum atomic E-state index is -0.106. The molecule has 0 amide bonds. The van der Waals surface area contributed by atoms with Crippen molar-refractivity contribution in [3.8, 4) is 11.5 Å². The van der Waals surface area contributed by atoms with Crippen LogP contribution in [0.1, 0.15) is 11.1 Å². The Balaban J connectivity index is 3.39. The summed E-state index contributed by atoms with van der Waals surface area (Å²) in [6, 6.07) is 1.79. The number of hydrogen-bond acceptors (Lipinski definition) is 3. The Morgan fingerprint density at radius 3 is 2.43 bits per heavy atom. The van der Waals surface area contributed by atoms with Crippen LogP contribution in [0.2, 0.25) is 5.02 Å². The van der Waals surface area contributed by atoms with Gasteiger partial charge in [-0.15, -0.1) is 0 Å². The normalized spacial score (nSPS) is 10.1. The fourth-order valence-electron chi connectivity index (χ4n) is 1.30. The van der Waals surface area contributed by atoms with Crippen LogP contribution in [-0.4, -0.2) is 19.3 Å². The van der Waals surface area contributed by atoms with Crippen molar-refractivity contribution >= 4 is 11.6 Å². The maximum atomic E-state index is 9.10. The highest BCUT2D eigenvalue weighted by Gasteiger charge is 2.15. The zero-order valence-corrected chi connectivity index (χ0v) is 9.18. The lowest BCUT2D eigenvalue weighted by Crippen LogP contribution is -1.97. The van der Waals surface area contributed by atoms with Gasteiger partial charge in [0.25, 0.3) is 0 Å². The number of halogens is 1. The number of benzene rings is 1. The predicted octanol–water partition coefficient (Wildman–Crippen LogP) is 2.16. The lowest BCUT2D eigenvalue weighted by atomic mass is 10.1. The van der Waals surface area contributed by atoms with Gasteiger partial charge >= 0.3 is 0 Å². The molecule has 1 rings (SSSR count). The number of methoxy groups -OCH3 is 2. The van der Waals surface area contributed by atoms with E-state index in [4.69, 9.17) is 26.2 Å². The van der Waals surface area contributed by atoms with Crippen LogP contribution in [0.3, 0.4) is 0 Å². The number of hydrogen-bond donors (Lipinski definition) is 1. The van der Waals surface area contributed by atoms with Gasteiger partial charge in [0.2, 0.25) is 0 Å². The molecule has 0 aliphatic carbocycles. The van der Waals surface area contributed by atoms with E-state index in [9.17, 15) is 0 Å². The second-order valence-corrected chi connectivity index (χ2v) is 3.26. The minimum Gasteiger partial charge on any atom is -0.493 e. The Kier molecular flexibility index (Phi) is 3.61. The molecule has 0 unspecified atom stereocenters. The van der Waals surface area contributed by atoms with E-state index in [0.29, 0.717) is 22.1 Å². The molecule has 14 heavy (non-hydrogen) atoms. The van der Waals surface area contributed by atoms with Gasteiger partial charge in [-0.25, -0.2) is 0 Å². The van der Waals surface area contributed by atoms with Crippen LogP contribution in [0.5, 0.6) is 11.5 Å². The molecule has 3 nitrogen and oxygen atoms in total. The Morgan fingerprint density at radius 2 is 2.00 bits per heavy atom. The molecule has 0 fully saturated rings. The van der Waals surface area contributed by atoms with E-state index in [-0.39, 0.29) is 6.61 Å². The fourth-order valence-corrected chi connectivity index (χ4v) is 1.68. The van der Waals surface area contributed by atoms with Crippen LogP contribution in [0.4, 0.5) is 0 Å². The van der Waals surface area contributed by atoms with E-state index < -0.39 is 0 Å². The number of aliphatic hydroxyl groups is 1. The maximum Gasteiger partial charge on any atom is 0.179 e. The summed E-state index contributed by atoms with van der Waals surface area (Å²) < 4.78 is 10.2. The summed E-state index contributed by atoms with van der Waals surface area (Å²) >= 11 is 6.03. The molecular weight excluding hydrogens is 204 g/mol. The zero-order valence-electron chi connectivity index (χ0n) is 8.43. The second kappa shape index (κ2) is 4.53. The third-order valence-electron chi connectivity index (χ3n) is 2.09. The summed E-state index contributed by atoms with van der Waals surface area (Å²) in [6.07, 6.45) is 0. The minimum absolute atomic E-state index is 0.106. The fraction of sp³-hybridized carbons (Fsp3) is 0.400. The van der Waals surface area contributed by atoms with Crippen LogP contribution in [-0.2, 0) is 6.61 Å². The van der Waals surface area contributed by atoms with Gasteiger partial charge in [-0.05, 0) is 18.6 Å². The van der Waals surface area contributed by atoms with E-state index in [2.05, 4.69) is 0 Å². The Morgan fingerprint density at radius 1 is 1.36 bits per heavy atom. The molecule has 0 atom stereocenters. The Labute approximate surface area is 88.2 Å². The summed E-state index contributed by atoms with van der Waals surface area (Å²) in [7, 11) is 3.06. The van der Waals surface area contributed by atoms with Crippen molar-refractivity contribution in [1.82, 2.24) is 0 Å². The van der Waals surface area contributed by atoms with Crippen molar-refractivity contribution in [1.29, 1.82) is 0 Å². The first-order chi connectivity index (χ1) is 6.65. The van der Waals surface area contributed by atoms with Crippen molar-refractivity contribution in [3.05, 3.63) is 22.2 Å². The van der Waals surface area contributed by atoms with Gasteiger partial charge in [-0.2, -0.15) is 0 Å². The molecule has 1 N–H and O–H groups in total. The summed E-state index contributed by atoms with van der Waals surface area (Å²) in [5, 5.41) is 9.51. The molecule has 0 spiro atoms. The number of aliphatic hydroxyl groups excluding tert-OH is 1. The van der Waals surface area contributed by atoms with Crippen LogP contribution in [0.15, 0.2) is 6.07 Å². The van der Waals surface area contributed by atoms with Crippen LogP contribution in [0, 0.1) is 6.92 Å². The third-order valence-corrected chi connectivity index (χ3v) is 2.49. The first-order valence-electron chi connectivity index (χ1n) is 4.16.